The first-order valence-electron chi connectivity index (χ1n) is 9.24. The summed E-state index contributed by atoms with van der Waals surface area (Å²) in [5.41, 5.74) is 2.20. The third kappa shape index (κ3) is 6.12. The van der Waals surface area contributed by atoms with Gasteiger partial charge in [0.15, 0.2) is 0 Å². The highest BCUT2D eigenvalue weighted by Gasteiger charge is 2.30. The predicted molar refractivity (Wildman–Crippen MR) is 114 cm³/mol. The molecule has 1 N–H and O–H groups in total. The van der Waals surface area contributed by atoms with Crippen molar-refractivity contribution in [3.63, 3.8) is 0 Å². The summed E-state index contributed by atoms with van der Waals surface area (Å²) in [6.45, 7) is 5.75. The van der Waals surface area contributed by atoms with Crippen LogP contribution < -0.4 is 19.1 Å². The summed E-state index contributed by atoms with van der Waals surface area (Å²) in [6, 6.07) is 11.8. The van der Waals surface area contributed by atoms with Crippen LogP contribution in [0.25, 0.3) is 0 Å². The van der Waals surface area contributed by atoms with Gasteiger partial charge in [-0.05, 0) is 50.1 Å². The minimum Gasteiger partial charge on any atom is -0.497 e. The lowest BCUT2D eigenvalue weighted by molar-refractivity contribution is -0.121. The normalized spacial score (nSPS) is 12.2. The fourth-order valence-corrected chi connectivity index (χ4v) is 4.14. The number of anilines is 1. The molecule has 2 rings (SSSR count). The van der Waals surface area contributed by atoms with Gasteiger partial charge in [-0.3, -0.25) is 9.10 Å². The number of benzene rings is 2. The maximum atomic E-state index is 12.6. The zero-order valence-corrected chi connectivity index (χ0v) is 18.2. The quantitative estimate of drug-likeness (QED) is 0.631. The van der Waals surface area contributed by atoms with Gasteiger partial charge in [0, 0.05) is 6.07 Å². The monoisotopic (exact) mass is 420 g/mol. The number of carbonyl (C=O) groups excluding carboxylic acids is 1. The van der Waals surface area contributed by atoms with Crippen molar-refractivity contribution in [2.75, 3.05) is 30.8 Å². The van der Waals surface area contributed by atoms with E-state index in [2.05, 4.69) is 5.32 Å². The van der Waals surface area contributed by atoms with Crippen molar-refractivity contribution < 1.29 is 22.7 Å². The van der Waals surface area contributed by atoms with Crippen LogP contribution in [0.1, 0.15) is 18.1 Å². The number of sulfonamides is 1. The van der Waals surface area contributed by atoms with E-state index in [1.54, 1.807) is 32.2 Å². The first-order valence-corrected chi connectivity index (χ1v) is 11.1. The molecule has 0 saturated carbocycles. The van der Waals surface area contributed by atoms with Crippen LogP contribution in [0.4, 0.5) is 5.69 Å². The van der Waals surface area contributed by atoms with Crippen LogP contribution in [0.2, 0.25) is 0 Å². The SMILES string of the molecule is COc1cccc(OCCNC(=O)[C@H](C)N(c2cc(C)ccc2C)S(C)(=O)=O)c1. The Hall–Kier alpha value is -2.74. The lowest BCUT2D eigenvalue weighted by Crippen LogP contribution is -2.48. The molecule has 7 nitrogen and oxygen atoms in total. The van der Waals surface area contributed by atoms with Crippen LogP contribution in [0.3, 0.4) is 0 Å². The average molecular weight is 421 g/mol. The maximum absolute atomic E-state index is 12.6. The lowest BCUT2D eigenvalue weighted by atomic mass is 10.1. The summed E-state index contributed by atoms with van der Waals surface area (Å²) >= 11 is 0. The number of ether oxygens (including phenoxy) is 2. The molecule has 0 saturated heterocycles. The van der Waals surface area contributed by atoms with Gasteiger partial charge in [-0.15, -0.1) is 0 Å². The standard InChI is InChI=1S/C21H28N2O5S/c1-15-9-10-16(2)20(13-15)23(29(5,25)26)17(3)21(24)22-11-12-28-19-8-6-7-18(14-19)27-4/h6-10,13-14,17H,11-12H2,1-5H3,(H,22,24)/t17-/m0/s1. The second-order valence-electron chi connectivity index (χ2n) is 6.84. The van der Waals surface area contributed by atoms with E-state index >= 15 is 0 Å². The Balaban J connectivity index is 2.03. The summed E-state index contributed by atoms with van der Waals surface area (Å²) in [6.07, 6.45) is 1.10. The highest BCUT2D eigenvalue weighted by molar-refractivity contribution is 7.92. The van der Waals surface area contributed by atoms with Crippen LogP contribution in [-0.2, 0) is 14.8 Å². The topological polar surface area (TPSA) is 84.9 Å². The van der Waals surface area contributed by atoms with Crippen molar-refractivity contribution in [3.05, 3.63) is 53.6 Å². The van der Waals surface area contributed by atoms with Crippen LogP contribution in [0.15, 0.2) is 42.5 Å². The summed E-state index contributed by atoms with van der Waals surface area (Å²) < 4.78 is 36.7. The van der Waals surface area contributed by atoms with Crippen LogP contribution in [0.5, 0.6) is 11.5 Å². The van der Waals surface area contributed by atoms with E-state index in [1.165, 1.54) is 0 Å². The second kappa shape index (κ2) is 9.65. The van der Waals surface area contributed by atoms with Crippen molar-refractivity contribution in [2.24, 2.45) is 0 Å². The number of aryl methyl sites for hydroxylation is 2. The molecule has 0 fully saturated rings. The average Bonchev–Trinajstić information content (AvgIpc) is 2.67. The van der Waals surface area contributed by atoms with Crippen LogP contribution in [-0.4, -0.2) is 46.9 Å². The van der Waals surface area contributed by atoms with Gasteiger partial charge in [0.25, 0.3) is 0 Å². The Kier molecular flexibility index (Phi) is 7.50. The summed E-state index contributed by atoms with van der Waals surface area (Å²) in [5, 5.41) is 2.74. The van der Waals surface area contributed by atoms with E-state index in [9.17, 15) is 13.2 Å². The fourth-order valence-electron chi connectivity index (χ4n) is 2.92. The molecule has 0 radical (unpaired) electrons. The lowest BCUT2D eigenvalue weighted by Gasteiger charge is -2.29. The smallest absolute Gasteiger partial charge is 0.243 e. The molecule has 1 atom stereocenters. The second-order valence-corrected chi connectivity index (χ2v) is 8.70. The van der Waals surface area contributed by atoms with Gasteiger partial charge in [0.1, 0.15) is 24.1 Å². The Bertz CT molecular complexity index is 959. The van der Waals surface area contributed by atoms with Crippen molar-refractivity contribution in [3.8, 4) is 11.5 Å². The van der Waals surface area contributed by atoms with Crippen molar-refractivity contribution >= 4 is 21.6 Å². The van der Waals surface area contributed by atoms with E-state index < -0.39 is 22.0 Å². The van der Waals surface area contributed by atoms with Gasteiger partial charge < -0.3 is 14.8 Å². The largest absolute Gasteiger partial charge is 0.497 e. The number of nitrogens with zero attached hydrogens (tertiary/aromatic N) is 1. The molecule has 0 aliphatic rings. The van der Waals surface area contributed by atoms with E-state index in [1.807, 2.05) is 38.1 Å². The van der Waals surface area contributed by atoms with Gasteiger partial charge in [-0.25, -0.2) is 8.42 Å². The molecule has 0 aliphatic heterocycles. The zero-order valence-electron chi connectivity index (χ0n) is 17.4. The van der Waals surface area contributed by atoms with Gasteiger partial charge in [-0.2, -0.15) is 0 Å². The molecule has 0 unspecified atom stereocenters. The predicted octanol–water partition coefficient (Wildman–Crippen LogP) is 2.66. The van der Waals surface area contributed by atoms with Gasteiger partial charge in [0.2, 0.25) is 15.9 Å². The molecule has 29 heavy (non-hydrogen) atoms. The Labute approximate surface area is 172 Å². The molecule has 158 valence electrons. The first kappa shape index (κ1) is 22.5. The highest BCUT2D eigenvalue weighted by atomic mass is 32.2. The molecule has 0 heterocycles. The van der Waals surface area contributed by atoms with Crippen LogP contribution in [0, 0.1) is 13.8 Å². The molecule has 0 aliphatic carbocycles. The summed E-state index contributed by atoms with van der Waals surface area (Å²) in [7, 11) is -2.08. The Morgan fingerprint density at radius 1 is 1.14 bits per heavy atom. The summed E-state index contributed by atoms with van der Waals surface area (Å²) in [4.78, 5) is 12.6. The van der Waals surface area contributed by atoms with E-state index in [-0.39, 0.29) is 13.2 Å². The number of methoxy groups -OCH3 is 1. The minimum atomic E-state index is -3.66. The third-order valence-electron chi connectivity index (χ3n) is 4.40. The summed E-state index contributed by atoms with van der Waals surface area (Å²) in [5.74, 6) is 0.905. The zero-order chi connectivity index (χ0) is 21.6. The molecule has 0 spiro atoms. The number of rotatable bonds is 9. The Morgan fingerprint density at radius 2 is 1.83 bits per heavy atom. The molecule has 1 amide bonds. The van der Waals surface area contributed by atoms with Crippen LogP contribution >= 0.6 is 0 Å². The number of hydrogen-bond acceptors (Lipinski definition) is 5. The first-order chi connectivity index (χ1) is 13.6. The van der Waals surface area contributed by atoms with E-state index in [0.717, 1.165) is 21.7 Å². The van der Waals surface area contributed by atoms with E-state index in [0.29, 0.717) is 17.2 Å². The van der Waals surface area contributed by atoms with Crippen molar-refractivity contribution in [1.29, 1.82) is 0 Å². The minimum absolute atomic E-state index is 0.241. The van der Waals surface area contributed by atoms with Gasteiger partial charge in [-0.1, -0.05) is 18.2 Å². The highest BCUT2D eigenvalue weighted by Crippen LogP contribution is 2.26. The maximum Gasteiger partial charge on any atom is 0.243 e. The van der Waals surface area contributed by atoms with Gasteiger partial charge >= 0.3 is 0 Å². The molecule has 8 heteroatoms. The van der Waals surface area contributed by atoms with E-state index in [4.69, 9.17) is 9.47 Å². The van der Waals surface area contributed by atoms with Crippen molar-refractivity contribution in [1.82, 2.24) is 5.32 Å². The molecule has 0 aromatic heterocycles. The molecule has 0 bridgehead atoms. The number of nitrogens with one attached hydrogen (secondary N) is 1. The number of carbonyl (C=O) groups is 1. The Morgan fingerprint density at radius 3 is 2.48 bits per heavy atom. The third-order valence-corrected chi connectivity index (χ3v) is 5.63. The number of hydrogen-bond donors (Lipinski definition) is 1. The molecule has 2 aromatic rings. The van der Waals surface area contributed by atoms with Gasteiger partial charge in [0.05, 0.1) is 25.6 Å². The molecule has 2 aromatic carbocycles. The molecular weight excluding hydrogens is 392 g/mol. The van der Waals surface area contributed by atoms with Crippen molar-refractivity contribution in [2.45, 2.75) is 26.8 Å². The fraction of sp³-hybridized carbons (Fsp3) is 0.381. The molecular formula is C21H28N2O5S. The number of amides is 1.